The van der Waals surface area contributed by atoms with E-state index in [0.29, 0.717) is 36.9 Å². The molecule has 220 valence electrons. The fourth-order valence-electron chi connectivity index (χ4n) is 4.70. The van der Waals surface area contributed by atoms with E-state index >= 15 is 0 Å². The second-order valence-electron chi connectivity index (χ2n) is 9.48. The highest BCUT2D eigenvalue weighted by Gasteiger charge is 2.45. The van der Waals surface area contributed by atoms with Crippen LogP contribution in [0.4, 0.5) is 19.1 Å². The zero-order chi connectivity index (χ0) is 29.0. The van der Waals surface area contributed by atoms with Gasteiger partial charge in [0.05, 0.1) is 17.8 Å². The molecule has 1 aliphatic rings. The summed E-state index contributed by atoms with van der Waals surface area (Å²) in [6.45, 7) is 0. The van der Waals surface area contributed by atoms with Gasteiger partial charge in [-0.05, 0) is 60.4 Å². The molecule has 4 rings (SSSR count). The van der Waals surface area contributed by atoms with Crippen LogP contribution in [0.25, 0.3) is 16.7 Å². The summed E-state index contributed by atoms with van der Waals surface area (Å²) in [6.07, 6.45) is -3.38. The molecule has 1 unspecified atom stereocenters. The summed E-state index contributed by atoms with van der Waals surface area (Å²) in [7, 11) is 1.31. The number of carboxylic acid groups (broad SMARTS) is 1. The van der Waals surface area contributed by atoms with E-state index in [1.807, 2.05) is 6.08 Å². The molecule has 3 aromatic rings. The number of rotatable bonds is 9. The number of benzene rings is 2. The minimum atomic E-state index is -4.84. The van der Waals surface area contributed by atoms with Crippen molar-refractivity contribution in [3.63, 3.8) is 0 Å². The number of aromatic nitrogens is 2. The molecular formula is C28H29Cl2F3N4O4. The van der Waals surface area contributed by atoms with Gasteiger partial charge in [0, 0.05) is 11.6 Å². The summed E-state index contributed by atoms with van der Waals surface area (Å²) >= 11 is 6.29. The Morgan fingerprint density at radius 2 is 1.90 bits per heavy atom. The van der Waals surface area contributed by atoms with Crippen molar-refractivity contribution in [1.82, 2.24) is 9.97 Å². The molecule has 2 aromatic carbocycles. The van der Waals surface area contributed by atoms with Crippen molar-refractivity contribution in [2.75, 3.05) is 12.8 Å². The summed E-state index contributed by atoms with van der Waals surface area (Å²) in [5.74, 6) is -1.54. The minimum Gasteiger partial charge on any atom is -0.495 e. The van der Waals surface area contributed by atoms with Crippen molar-refractivity contribution in [2.24, 2.45) is 11.7 Å². The topological polar surface area (TPSA) is 134 Å². The molecule has 13 heteroatoms. The van der Waals surface area contributed by atoms with Crippen molar-refractivity contribution < 1.29 is 32.5 Å². The lowest BCUT2D eigenvalue weighted by Gasteiger charge is -2.26. The first-order valence-electron chi connectivity index (χ1n) is 12.4. The highest BCUT2D eigenvalue weighted by atomic mass is 35.5. The summed E-state index contributed by atoms with van der Waals surface area (Å²) in [6, 6.07) is 11.5. The Bertz CT molecular complexity index is 1410. The number of hydrogen-bond donors (Lipinski definition) is 3. The van der Waals surface area contributed by atoms with E-state index in [4.69, 9.17) is 37.6 Å². The number of carboxylic acids is 1. The third kappa shape index (κ3) is 7.81. The summed E-state index contributed by atoms with van der Waals surface area (Å²) in [4.78, 5) is 19.2. The number of nitrogens with zero attached hydrogens (tertiary/aromatic N) is 2. The molecular weight excluding hydrogens is 584 g/mol. The second kappa shape index (κ2) is 13.4. The summed E-state index contributed by atoms with van der Waals surface area (Å²) < 4.78 is 54.4. The number of methoxy groups -OCH3 is 1. The lowest BCUT2D eigenvalue weighted by atomic mass is 9.84. The molecule has 0 saturated carbocycles. The highest BCUT2D eigenvalue weighted by molar-refractivity contribution is 6.32. The number of nitrogen functional groups attached to an aromatic ring is 1. The maximum atomic E-state index is 14.5. The van der Waals surface area contributed by atoms with Crippen LogP contribution in [0.2, 0.25) is 5.02 Å². The van der Waals surface area contributed by atoms with Crippen LogP contribution in [0.1, 0.15) is 43.0 Å². The number of carbonyl (C=O) groups is 1. The number of allylic oxidation sites excluding steroid dienone is 2. The lowest BCUT2D eigenvalue weighted by Crippen LogP contribution is -2.32. The van der Waals surface area contributed by atoms with Crippen LogP contribution >= 0.6 is 24.0 Å². The van der Waals surface area contributed by atoms with Gasteiger partial charge in [0.15, 0.2) is 0 Å². The van der Waals surface area contributed by atoms with E-state index < -0.39 is 24.3 Å². The molecule has 8 nitrogen and oxygen atoms in total. The van der Waals surface area contributed by atoms with E-state index in [9.17, 15) is 18.0 Å². The van der Waals surface area contributed by atoms with E-state index in [0.717, 1.165) is 5.57 Å². The minimum absolute atomic E-state index is 0. The predicted molar refractivity (Wildman–Crippen MR) is 152 cm³/mol. The zero-order valence-corrected chi connectivity index (χ0v) is 23.5. The molecule has 1 heterocycles. The molecule has 1 aliphatic carbocycles. The Kier molecular flexibility index (Phi) is 10.5. The van der Waals surface area contributed by atoms with Crippen LogP contribution in [0.5, 0.6) is 11.6 Å². The molecule has 0 aliphatic heterocycles. The van der Waals surface area contributed by atoms with Crippen molar-refractivity contribution in [3.8, 4) is 22.8 Å². The fraction of sp³-hybridized carbons (Fsp3) is 0.321. The van der Waals surface area contributed by atoms with Gasteiger partial charge < -0.3 is 26.0 Å². The third-order valence-corrected chi connectivity index (χ3v) is 7.00. The van der Waals surface area contributed by atoms with Gasteiger partial charge in [-0.3, -0.25) is 4.79 Å². The molecule has 0 bridgehead atoms. The first kappa shape index (κ1) is 32.0. The fourth-order valence-corrected chi connectivity index (χ4v) is 4.94. The van der Waals surface area contributed by atoms with Crippen molar-refractivity contribution >= 4 is 41.5 Å². The number of halogens is 5. The van der Waals surface area contributed by atoms with Crippen LogP contribution in [-0.4, -0.2) is 40.4 Å². The average molecular weight is 613 g/mol. The van der Waals surface area contributed by atoms with E-state index in [1.165, 1.54) is 25.3 Å². The SMILES string of the molecule is COc1cc([C@@H](Oc2cc(C3=CCC(C[C@H](N)C(=O)O)CC3)nc(N)n2)C(F)(F)F)c(-c2ccccc2)cc1Cl.Cl. The number of anilines is 1. The average Bonchev–Trinajstić information content (AvgIpc) is 2.91. The van der Waals surface area contributed by atoms with Gasteiger partial charge in [-0.25, -0.2) is 4.98 Å². The van der Waals surface area contributed by atoms with Crippen LogP contribution < -0.4 is 20.9 Å². The molecule has 41 heavy (non-hydrogen) atoms. The van der Waals surface area contributed by atoms with Crippen molar-refractivity contribution in [2.45, 2.75) is 44.0 Å². The smallest absolute Gasteiger partial charge is 0.429 e. The molecule has 0 amide bonds. The standard InChI is InChI=1S/C28H28ClF3N4O4.ClH/c1-39-23-13-19(18(12-20(23)29)16-5-3-2-4-6-16)25(28(30,31)32)40-24-14-22(35-27(34)36-24)17-9-7-15(8-10-17)11-21(33)26(37)38;/h2-6,9,12-15,21,25H,7-8,10-11,33H2,1H3,(H,37,38)(H2,34,35,36);1H/t15?,21-,25+;/m0./s1. The van der Waals surface area contributed by atoms with Crippen molar-refractivity contribution in [3.05, 3.63) is 70.9 Å². The van der Waals surface area contributed by atoms with Gasteiger partial charge in [0.2, 0.25) is 17.9 Å². The Morgan fingerprint density at radius 1 is 1.20 bits per heavy atom. The van der Waals surface area contributed by atoms with Gasteiger partial charge in [-0.15, -0.1) is 12.4 Å². The molecule has 0 saturated heterocycles. The molecule has 0 radical (unpaired) electrons. The first-order valence-corrected chi connectivity index (χ1v) is 12.8. The van der Waals surface area contributed by atoms with E-state index in [2.05, 4.69) is 9.97 Å². The van der Waals surface area contributed by atoms with Crippen LogP contribution in [0, 0.1) is 5.92 Å². The normalized spacial score (nSPS) is 16.6. The van der Waals surface area contributed by atoms with Crippen LogP contribution in [0.3, 0.4) is 0 Å². The maximum Gasteiger partial charge on any atom is 0.429 e. The quantitative estimate of drug-likeness (QED) is 0.250. The van der Waals surface area contributed by atoms with Gasteiger partial charge in [-0.1, -0.05) is 48.0 Å². The Labute approximate surface area is 245 Å². The molecule has 0 spiro atoms. The number of nitrogens with two attached hydrogens (primary N) is 2. The number of aliphatic carboxylic acids is 1. The van der Waals surface area contributed by atoms with Gasteiger partial charge >= 0.3 is 12.1 Å². The van der Waals surface area contributed by atoms with E-state index in [1.54, 1.807) is 30.3 Å². The Hall–Kier alpha value is -3.54. The van der Waals surface area contributed by atoms with Crippen LogP contribution in [0.15, 0.2) is 54.6 Å². The zero-order valence-electron chi connectivity index (χ0n) is 21.9. The summed E-state index contributed by atoms with van der Waals surface area (Å²) in [5.41, 5.74) is 13.1. The highest BCUT2D eigenvalue weighted by Crippen LogP contribution is 2.44. The third-order valence-electron chi connectivity index (χ3n) is 6.70. The van der Waals surface area contributed by atoms with Gasteiger partial charge in [0.25, 0.3) is 0 Å². The van der Waals surface area contributed by atoms with Crippen LogP contribution in [-0.2, 0) is 4.79 Å². The summed E-state index contributed by atoms with van der Waals surface area (Å²) in [5, 5.41) is 9.21. The molecule has 0 fully saturated rings. The first-order chi connectivity index (χ1) is 19.0. The van der Waals surface area contributed by atoms with E-state index in [-0.39, 0.29) is 52.1 Å². The van der Waals surface area contributed by atoms with Gasteiger partial charge in [-0.2, -0.15) is 18.2 Å². The second-order valence-corrected chi connectivity index (χ2v) is 9.89. The number of alkyl halides is 3. The Balaban J connectivity index is 0.00000462. The molecule has 1 aromatic heterocycles. The Morgan fingerprint density at radius 3 is 2.49 bits per heavy atom. The molecule has 3 atom stereocenters. The molecule has 5 N–H and O–H groups in total. The van der Waals surface area contributed by atoms with Crippen molar-refractivity contribution in [1.29, 1.82) is 0 Å². The number of ether oxygens (including phenoxy) is 2. The lowest BCUT2D eigenvalue weighted by molar-refractivity contribution is -0.198. The van der Waals surface area contributed by atoms with Gasteiger partial charge in [0.1, 0.15) is 11.8 Å². The largest absolute Gasteiger partial charge is 0.495 e. The monoisotopic (exact) mass is 612 g/mol. The maximum absolute atomic E-state index is 14.5. The number of hydrogen-bond acceptors (Lipinski definition) is 7. The predicted octanol–water partition coefficient (Wildman–Crippen LogP) is 6.48.